The van der Waals surface area contributed by atoms with Crippen LogP contribution in [0.2, 0.25) is 0 Å². The van der Waals surface area contributed by atoms with Gasteiger partial charge in [-0.2, -0.15) is 0 Å². The Balaban J connectivity index is 1.71. The van der Waals surface area contributed by atoms with Crippen LogP contribution < -0.4 is 10.2 Å². The monoisotopic (exact) mass is 289 g/mol. The van der Waals surface area contributed by atoms with Crippen LogP contribution in [0.25, 0.3) is 0 Å². The maximum Gasteiger partial charge on any atom is 0.253 e. The highest BCUT2D eigenvalue weighted by Gasteiger charge is 2.25. The quantitative estimate of drug-likeness (QED) is 0.917. The highest BCUT2D eigenvalue weighted by Crippen LogP contribution is 2.27. The molecule has 1 atom stereocenters. The lowest BCUT2D eigenvalue weighted by atomic mass is 10.2. The molecule has 114 valence electrons. The van der Waals surface area contributed by atoms with Gasteiger partial charge in [-0.25, -0.2) is 0 Å². The first-order chi connectivity index (χ1) is 10.2. The first-order valence-electron chi connectivity index (χ1n) is 7.69. The van der Waals surface area contributed by atoms with Crippen LogP contribution in [0.3, 0.4) is 0 Å². The summed E-state index contributed by atoms with van der Waals surface area (Å²) < 4.78 is 5.45. The lowest BCUT2D eigenvalue weighted by Gasteiger charge is -2.35. The second-order valence-electron chi connectivity index (χ2n) is 5.80. The Hall–Kier alpha value is -1.59. The molecule has 0 unspecified atom stereocenters. The number of rotatable bonds is 3. The van der Waals surface area contributed by atoms with Crippen molar-refractivity contribution in [3.05, 3.63) is 24.3 Å². The second kappa shape index (κ2) is 6.45. The van der Waals surface area contributed by atoms with Crippen LogP contribution >= 0.6 is 0 Å². The molecule has 1 N–H and O–H groups in total. The number of nitrogens with one attached hydrogen (secondary N) is 1. The van der Waals surface area contributed by atoms with Crippen molar-refractivity contribution in [3.63, 3.8) is 0 Å². The van der Waals surface area contributed by atoms with Crippen molar-refractivity contribution in [2.45, 2.75) is 18.9 Å². The fourth-order valence-electron chi connectivity index (χ4n) is 2.90. The van der Waals surface area contributed by atoms with E-state index in [2.05, 4.69) is 28.2 Å². The van der Waals surface area contributed by atoms with Gasteiger partial charge in [-0.1, -0.05) is 12.1 Å². The normalized spacial score (nSPS) is 23.3. The maximum absolute atomic E-state index is 12.2. The van der Waals surface area contributed by atoms with Gasteiger partial charge in [0.05, 0.1) is 11.4 Å². The predicted octanol–water partition coefficient (Wildman–Crippen LogP) is 1.56. The minimum absolute atomic E-state index is 0.0194. The summed E-state index contributed by atoms with van der Waals surface area (Å²) in [6, 6.07) is 8.04. The largest absolute Gasteiger partial charge is 0.368 e. The van der Waals surface area contributed by atoms with Gasteiger partial charge in [0.2, 0.25) is 0 Å². The summed E-state index contributed by atoms with van der Waals surface area (Å²) in [5.74, 6) is -0.0194. The summed E-state index contributed by atoms with van der Waals surface area (Å²) in [6.45, 7) is 4.77. The first-order valence-corrected chi connectivity index (χ1v) is 7.69. The number of hydrogen-bond acceptors (Lipinski definition) is 4. The summed E-state index contributed by atoms with van der Waals surface area (Å²) in [4.78, 5) is 16.9. The van der Waals surface area contributed by atoms with Crippen LogP contribution in [0, 0.1) is 0 Å². The highest BCUT2D eigenvalue weighted by atomic mass is 16.5. The van der Waals surface area contributed by atoms with E-state index in [1.54, 1.807) is 0 Å². The van der Waals surface area contributed by atoms with Gasteiger partial charge in [0.25, 0.3) is 5.91 Å². The number of carbonyl (C=O) groups is 1. The lowest BCUT2D eigenvalue weighted by molar-refractivity contribution is -0.124. The van der Waals surface area contributed by atoms with Gasteiger partial charge in [0.1, 0.15) is 6.10 Å². The van der Waals surface area contributed by atoms with E-state index in [-0.39, 0.29) is 12.0 Å². The zero-order valence-electron chi connectivity index (χ0n) is 12.5. The van der Waals surface area contributed by atoms with Crippen LogP contribution in [0.4, 0.5) is 11.4 Å². The number of benzene rings is 1. The molecular formula is C16H23N3O2. The van der Waals surface area contributed by atoms with Crippen molar-refractivity contribution in [1.29, 1.82) is 0 Å². The molecule has 2 aliphatic rings. The standard InChI is InChI=1S/C16H23N3O2/c1-18-8-10-19(11-9-18)14-6-3-2-5-13(14)17-16(20)15-7-4-12-21-15/h2-3,5-6,15H,4,7-12H2,1H3,(H,17,20)/t15-/m0/s1. The molecule has 21 heavy (non-hydrogen) atoms. The third-order valence-electron chi connectivity index (χ3n) is 4.23. The smallest absolute Gasteiger partial charge is 0.253 e. The third-order valence-corrected chi connectivity index (χ3v) is 4.23. The molecule has 0 radical (unpaired) electrons. The molecule has 2 heterocycles. The van der Waals surface area contributed by atoms with Gasteiger partial charge >= 0.3 is 0 Å². The topological polar surface area (TPSA) is 44.8 Å². The number of carbonyl (C=O) groups excluding carboxylic acids is 1. The van der Waals surface area contributed by atoms with Gasteiger partial charge in [-0.05, 0) is 32.0 Å². The van der Waals surface area contributed by atoms with Crippen molar-refractivity contribution >= 4 is 17.3 Å². The number of para-hydroxylation sites is 2. The Bertz CT molecular complexity index is 492. The van der Waals surface area contributed by atoms with Gasteiger partial charge in [0, 0.05) is 32.8 Å². The predicted molar refractivity (Wildman–Crippen MR) is 83.8 cm³/mol. The maximum atomic E-state index is 12.2. The minimum atomic E-state index is -0.287. The van der Waals surface area contributed by atoms with E-state index >= 15 is 0 Å². The molecule has 2 aliphatic heterocycles. The van der Waals surface area contributed by atoms with Crippen LogP contribution in [0.1, 0.15) is 12.8 Å². The van der Waals surface area contributed by atoms with Gasteiger partial charge in [-0.3, -0.25) is 4.79 Å². The van der Waals surface area contributed by atoms with Crippen LogP contribution in [-0.2, 0) is 9.53 Å². The van der Waals surface area contributed by atoms with E-state index in [1.165, 1.54) is 0 Å². The highest BCUT2D eigenvalue weighted by molar-refractivity contribution is 5.97. The van der Waals surface area contributed by atoms with Crippen molar-refractivity contribution < 1.29 is 9.53 Å². The zero-order chi connectivity index (χ0) is 14.7. The minimum Gasteiger partial charge on any atom is -0.368 e. The van der Waals surface area contributed by atoms with Crippen LogP contribution in [0.15, 0.2) is 24.3 Å². The van der Waals surface area contributed by atoms with Crippen LogP contribution in [0.5, 0.6) is 0 Å². The molecule has 2 saturated heterocycles. The first kappa shape index (κ1) is 14.4. The molecule has 1 amide bonds. The summed E-state index contributed by atoms with van der Waals surface area (Å²) in [7, 11) is 2.14. The number of amides is 1. The number of anilines is 2. The van der Waals surface area contributed by atoms with E-state index in [0.29, 0.717) is 6.61 Å². The average Bonchev–Trinajstić information content (AvgIpc) is 3.03. The summed E-state index contributed by atoms with van der Waals surface area (Å²) in [6.07, 6.45) is 1.51. The molecule has 0 bridgehead atoms. The SMILES string of the molecule is CN1CCN(c2ccccc2NC(=O)[C@@H]2CCCO2)CC1. The number of likely N-dealkylation sites (N-methyl/N-ethyl adjacent to an activating group) is 1. The Morgan fingerprint density at radius 2 is 2.00 bits per heavy atom. The fourth-order valence-corrected chi connectivity index (χ4v) is 2.90. The molecule has 0 spiro atoms. The Labute approximate surface area is 125 Å². The number of nitrogens with zero attached hydrogens (tertiary/aromatic N) is 2. The molecule has 1 aromatic rings. The molecule has 3 rings (SSSR count). The van der Waals surface area contributed by atoms with E-state index in [4.69, 9.17) is 4.74 Å². The third kappa shape index (κ3) is 3.36. The Morgan fingerprint density at radius 3 is 2.71 bits per heavy atom. The van der Waals surface area contributed by atoms with E-state index in [1.807, 2.05) is 18.2 Å². The van der Waals surface area contributed by atoms with Crippen molar-refractivity contribution in [2.75, 3.05) is 50.1 Å². The van der Waals surface area contributed by atoms with Crippen LogP contribution in [-0.4, -0.2) is 56.7 Å². The van der Waals surface area contributed by atoms with E-state index < -0.39 is 0 Å². The summed E-state index contributed by atoms with van der Waals surface area (Å²) in [5, 5.41) is 3.04. The molecule has 5 nitrogen and oxygen atoms in total. The Morgan fingerprint density at radius 1 is 1.24 bits per heavy atom. The second-order valence-corrected chi connectivity index (χ2v) is 5.80. The molecule has 2 fully saturated rings. The molecular weight excluding hydrogens is 266 g/mol. The molecule has 5 heteroatoms. The summed E-state index contributed by atoms with van der Waals surface area (Å²) in [5.41, 5.74) is 2.00. The molecule has 0 aliphatic carbocycles. The molecule has 1 aromatic carbocycles. The van der Waals surface area contributed by atoms with Gasteiger partial charge < -0.3 is 19.9 Å². The van der Waals surface area contributed by atoms with Crippen molar-refractivity contribution in [1.82, 2.24) is 4.90 Å². The average molecular weight is 289 g/mol. The number of ether oxygens (including phenoxy) is 1. The molecule has 0 saturated carbocycles. The molecule has 0 aromatic heterocycles. The Kier molecular flexibility index (Phi) is 4.41. The van der Waals surface area contributed by atoms with Gasteiger partial charge in [-0.15, -0.1) is 0 Å². The van der Waals surface area contributed by atoms with Crippen molar-refractivity contribution in [3.8, 4) is 0 Å². The number of piperazine rings is 1. The number of hydrogen-bond donors (Lipinski definition) is 1. The summed E-state index contributed by atoms with van der Waals surface area (Å²) >= 11 is 0. The van der Waals surface area contributed by atoms with Gasteiger partial charge in [0.15, 0.2) is 0 Å². The van der Waals surface area contributed by atoms with E-state index in [0.717, 1.165) is 50.4 Å². The van der Waals surface area contributed by atoms with Crippen molar-refractivity contribution in [2.24, 2.45) is 0 Å². The van der Waals surface area contributed by atoms with E-state index in [9.17, 15) is 4.79 Å². The zero-order valence-corrected chi connectivity index (χ0v) is 12.5. The lowest BCUT2D eigenvalue weighted by Crippen LogP contribution is -2.44. The fraction of sp³-hybridized carbons (Fsp3) is 0.562.